The highest BCUT2D eigenvalue weighted by Gasteiger charge is 2.56. The van der Waals surface area contributed by atoms with Crippen molar-refractivity contribution in [3.8, 4) is 11.3 Å². The lowest BCUT2D eigenvalue weighted by Gasteiger charge is -2.56. The van der Waals surface area contributed by atoms with E-state index in [0.29, 0.717) is 36.4 Å². The van der Waals surface area contributed by atoms with Crippen LogP contribution in [0.2, 0.25) is 0 Å². The molecule has 1 aromatic carbocycles. The monoisotopic (exact) mass is 480 g/mol. The maximum Gasteiger partial charge on any atom is 0.407 e. The van der Waals surface area contributed by atoms with Crippen LogP contribution in [0.25, 0.3) is 17.5 Å². The molecular weight excluding hydrogens is 447 g/mol. The van der Waals surface area contributed by atoms with E-state index in [1.54, 1.807) is 23.2 Å². The van der Waals surface area contributed by atoms with E-state index in [2.05, 4.69) is 15.7 Å². The van der Waals surface area contributed by atoms with Crippen molar-refractivity contribution in [1.29, 1.82) is 0 Å². The Hall–Kier alpha value is -3.16. The highest BCUT2D eigenvalue weighted by atomic mass is 19.1. The van der Waals surface area contributed by atoms with Crippen LogP contribution >= 0.6 is 0 Å². The predicted octanol–water partition coefficient (Wildman–Crippen LogP) is 4.80. The number of carbonyl (C=O) groups is 2. The fourth-order valence-corrected chi connectivity index (χ4v) is 6.53. The van der Waals surface area contributed by atoms with Gasteiger partial charge >= 0.3 is 6.09 Å². The van der Waals surface area contributed by atoms with Gasteiger partial charge in [-0.25, -0.2) is 13.9 Å². The standard InChI is InChI=1S/C27H33FN4O3/c1-26(2,31-25(34)35-3)9-10-32-23(18-7-5-4-6-8-18)21(16-29-32)24(33)30-22-19-11-17-12-20(22)15-27(28,13-17)14-19/h4-10,16-17,19-20,22H,11-15H2,1-3H3,(H,30,33)(H,31,34)/b10-9+/t17?,19?,20?,22-,27-. The lowest BCUT2D eigenvalue weighted by molar-refractivity contribution is -0.0906. The number of ether oxygens (including phenoxy) is 1. The maximum absolute atomic E-state index is 15.1. The second kappa shape index (κ2) is 8.81. The average molecular weight is 481 g/mol. The Morgan fingerprint density at radius 1 is 1.17 bits per heavy atom. The van der Waals surface area contributed by atoms with Gasteiger partial charge in [0.05, 0.1) is 30.1 Å². The topological polar surface area (TPSA) is 85.2 Å². The van der Waals surface area contributed by atoms with Crippen LogP contribution in [0.1, 0.15) is 56.3 Å². The number of amides is 2. The number of nitrogens with zero attached hydrogens (tertiary/aromatic N) is 2. The molecule has 0 aliphatic heterocycles. The Kier molecular flexibility index (Phi) is 5.93. The number of aromatic nitrogens is 2. The molecule has 6 rings (SSSR count). The van der Waals surface area contributed by atoms with Gasteiger partial charge in [0, 0.05) is 17.8 Å². The minimum Gasteiger partial charge on any atom is -0.453 e. The number of carbonyl (C=O) groups excluding carboxylic acids is 2. The largest absolute Gasteiger partial charge is 0.453 e. The van der Waals surface area contributed by atoms with Crippen molar-refractivity contribution in [2.45, 2.75) is 63.2 Å². The van der Waals surface area contributed by atoms with Gasteiger partial charge in [0.1, 0.15) is 5.67 Å². The third-order valence-corrected chi connectivity index (χ3v) is 7.83. The first-order valence-electron chi connectivity index (χ1n) is 12.3. The molecule has 1 heterocycles. The Bertz CT molecular complexity index is 1130. The third kappa shape index (κ3) is 4.70. The maximum atomic E-state index is 15.1. The third-order valence-electron chi connectivity index (χ3n) is 7.83. The molecule has 2 unspecified atom stereocenters. The summed E-state index contributed by atoms with van der Waals surface area (Å²) in [5.74, 6) is 0.687. The van der Waals surface area contributed by atoms with E-state index in [9.17, 15) is 9.59 Å². The van der Waals surface area contributed by atoms with Gasteiger partial charge in [-0.2, -0.15) is 5.10 Å². The number of nitrogens with one attached hydrogen (secondary N) is 2. The molecule has 7 nitrogen and oxygen atoms in total. The molecule has 2 amide bonds. The molecule has 35 heavy (non-hydrogen) atoms. The first kappa shape index (κ1) is 23.6. The fourth-order valence-electron chi connectivity index (χ4n) is 6.53. The van der Waals surface area contributed by atoms with Gasteiger partial charge < -0.3 is 15.4 Å². The number of hydrogen-bond acceptors (Lipinski definition) is 4. The van der Waals surface area contributed by atoms with Gasteiger partial charge in [-0.3, -0.25) is 4.79 Å². The number of rotatable bonds is 6. The number of alkyl carbamates (subject to hydrolysis) is 1. The van der Waals surface area contributed by atoms with Crippen LogP contribution in [0.4, 0.5) is 9.18 Å². The van der Waals surface area contributed by atoms with Gasteiger partial charge in [-0.1, -0.05) is 30.3 Å². The van der Waals surface area contributed by atoms with Crippen molar-refractivity contribution in [1.82, 2.24) is 20.4 Å². The Morgan fingerprint density at radius 2 is 1.86 bits per heavy atom. The van der Waals surface area contributed by atoms with E-state index in [1.165, 1.54) is 7.11 Å². The number of benzene rings is 1. The van der Waals surface area contributed by atoms with E-state index in [1.807, 2.05) is 44.2 Å². The van der Waals surface area contributed by atoms with Crippen molar-refractivity contribution in [3.05, 3.63) is 48.2 Å². The van der Waals surface area contributed by atoms with Crippen LogP contribution in [-0.2, 0) is 4.74 Å². The van der Waals surface area contributed by atoms with E-state index >= 15 is 4.39 Å². The van der Waals surface area contributed by atoms with Crippen molar-refractivity contribution in [3.63, 3.8) is 0 Å². The number of halogens is 1. The van der Waals surface area contributed by atoms with E-state index < -0.39 is 17.3 Å². The Labute approximate surface area is 205 Å². The second-order valence-electron chi connectivity index (χ2n) is 11.0. The van der Waals surface area contributed by atoms with Crippen LogP contribution in [0, 0.1) is 17.8 Å². The van der Waals surface area contributed by atoms with E-state index in [0.717, 1.165) is 18.4 Å². The molecule has 2 aromatic rings. The summed E-state index contributed by atoms with van der Waals surface area (Å²) in [4.78, 5) is 25.2. The molecule has 1 aromatic heterocycles. The van der Waals surface area contributed by atoms with Gasteiger partial charge in [0.2, 0.25) is 0 Å². The highest BCUT2D eigenvalue weighted by molar-refractivity contribution is 6.00. The lowest BCUT2D eigenvalue weighted by Crippen LogP contribution is -2.60. The fraction of sp³-hybridized carbons (Fsp3) is 0.519. The zero-order valence-corrected chi connectivity index (χ0v) is 20.5. The molecule has 0 spiro atoms. The first-order chi connectivity index (χ1) is 16.7. The molecule has 2 N–H and O–H groups in total. The van der Waals surface area contributed by atoms with Gasteiger partial charge in [0.25, 0.3) is 5.91 Å². The molecule has 4 bridgehead atoms. The summed E-state index contributed by atoms with van der Waals surface area (Å²) in [7, 11) is 1.32. The average Bonchev–Trinajstić information content (AvgIpc) is 3.23. The van der Waals surface area contributed by atoms with Crippen LogP contribution in [0.5, 0.6) is 0 Å². The zero-order chi connectivity index (χ0) is 24.8. The van der Waals surface area contributed by atoms with E-state index in [4.69, 9.17) is 4.74 Å². The minimum absolute atomic E-state index is 0.00799. The smallest absolute Gasteiger partial charge is 0.407 e. The van der Waals surface area contributed by atoms with Crippen LogP contribution < -0.4 is 10.6 Å². The summed E-state index contributed by atoms with van der Waals surface area (Å²) in [6.45, 7) is 3.67. The molecule has 4 saturated carbocycles. The van der Waals surface area contributed by atoms with Crippen LogP contribution in [0.15, 0.2) is 42.6 Å². The van der Waals surface area contributed by atoms with Crippen molar-refractivity contribution >= 4 is 18.2 Å². The predicted molar refractivity (Wildman–Crippen MR) is 131 cm³/mol. The summed E-state index contributed by atoms with van der Waals surface area (Å²) in [6.07, 6.45) is 8.39. The zero-order valence-electron chi connectivity index (χ0n) is 20.5. The highest BCUT2D eigenvalue weighted by Crippen LogP contribution is 2.57. The molecule has 4 aliphatic carbocycles. The van der Waals surface area contributed by atoms with Gasteiger partial charge in [-0.15, -0.1) is 0 Å². The minimum atomic E-state index is -1.03. The Morgan fingerprint density at radius 3 is 2.49 bits per heavy atom. The normalized spacial score (nSPS) is 29.4. The Balaban J connectivity index is 1.41. The molecule has 8 heteroatoms. The molecular formula is C27H33FN4O3. The molecule has 4 fully saturated rings. The summed E-state index contributed by atoms with van der Waals surface area (Å²) in [5.41, 5.74) is 0.264. The summed E-state index contributed by atoms with van der Waals surface area (Å²) in [6, 6.07) is 9.63. The summed E-state index contributed by atoms with van der Waals surface area (Å²) in [5, 5.41) is 10.5. The van der Waals surface area contributed by atoms with E-state index in [-0.39, 0.29) is 23.8 Å². The molecule has 2 atom stereocenters. The molecule has 4 aliphatic rings. The van der Waals surface area contributed by atoms with Crippen molar-refractivity contribution < 1.29 is 18.7 Å². The molecule has 0 saturated heterocycles. The molecule has 0 radical (unpaired) electrons. The lowest BCUT2D eigenvalue weighted by atomic mass is 9.53. The van der Waals surface area contributed by atoms with Crippen molar-refractivity contribution in [2.75, 3.05) is 7.11 Å². The molecule has 186 valence electrons. The number of hydrogen-bond donors (Lipinski definition) is 2. The number of alkyl halides is 1. The van der Waals surface area contributed by atoms with Crippen molar-refractivity contribution in [2.24, 2.45) is 17.8 Å². The first-order valence-corrected chi connectivity index (χ1v) is 12.3. The second-order valence-corrected chi connectivity index (χ2v) is 11.0. The number of methoxy groups -OCH3 is 1. The summed E-state index contributed by atoms with van der Waals surface area (Å²) >= 11 is 0. The van der Waals surface area contributed by atoms with Gasteiger partial charge in [-0.05, 0) is 69.8 Å². The van der Waals surface area contributed by atoms with Crippen LogP contribution in [-0.4, -0.2) is 46.1 Å². The van der Waals surface area contributed by atoms with Gasteiger partial charge in [0.15, 0.2) is 0 Å². The summed E-state index contributed by atoms with van der Waals surface area (Å²) < 4.78 is 21.5. The van der Waals surface area contributed by atoms with Crippen LogP contribution in [0.3, 0.4) is 0 Å². The SMILES string of the molecule is COC(=O)NC(C)(C)/C=C/n1ncc(C(=O)N[C@H]2C3CC4CC2C[C@](F)(C4)C3)c1-c1ccccc1. The quantitative estimate of drug-likeness (QED) is 0.622.